The first-order valence-electron chi connectivity index (χ1n) is 7.21. The molecule has 0 saturated heterocycles. The minimum Gasteiger partial charge on any atom is -0.342 e. The van der Waals surface area contributed by atoms with Crippen LogP contribution in [-0.4, -0.2) is 30.4 Å². The lowest BCUT2D eigenvalue weighted by molar-refractivity contribution is -0.132. The van der Waals surface area contributed by atoms with Gasteiger partial charge in [-0.25, -0.2) is 8.78 Å². The quantitative estimate of drug-likeness (QED) is 0.841. The summed E-state index contributed by atoms with van der Waals surface area (Å²) in [7, 11) is 0. The summed E-state index contributed by atoms with van der Waals surface area (Å²) in [5, 5.41) is 0. The Hall–Kier alpha value is -1.49. The molecule has 0 aromatic heterocycles. The Morgan fingerprint density at radius 3 is 2.33 bits per heavy atom. The average molecular weight is 298 g/mol. The Bertz CT molecular complexity index is 469. The van der Waals surface area contributed by atoms with Gasteiger partial charge in [-0.05, 0) is 30.5 Å². The fraction of sp³-hybridized carbons (Fsp3) is 0.562. The van der Waals surface area contributed by atoms with Crippen molar-refractivity contribution in [2.24, 2.45) is 11.1 Å². The summed E-state index contributed by atoms with van der Waals surface area (Å²) in [5.74, 6) is -1.64. The van der Waals surface area contributed by atoms with Crippen LogP contribution in [-0.2, 0) is 11.2 Å². The van der Waals surface area contributed by atoms with Gasteiger partial charge in [0.1, 0.15) is 11.6 Å². The number of halogens is 2. The number of hydrogen-bond donors (Lipinski definition) is 1. The van der Waals surface area contributed by atoms with Gasteiger partial charge in [-0.15, -0.1) is 0 Å². The molecule has 0 aliphatic heterocycles. The maximum atomic E-state index is 13.6. The molecule has 3 nitrogen and oxygen atoms in total. The van der Waals surface area contributed by atoms with Crippen molar-refractivity contribution in [2.45, 2.75) is 33.6 Å². The molecule has 0 radical (unpaired) electrons. The van der Waals surface area contributed by atoms with Crippen LogP contribution in [0.5, 0.6) is 0 Å². The maximum absolute atomic E-state index is 13.6. The van der Waals surface area contributed by atoms with Crippen molar-refractivity contribution in [1.82, 2.24) is 4.90 Å². The van der Waals surface area contributed by atoms with Crippen LogP contribution in [0.1, 0.15) is 32.8 Å². The SMILES string of the molecule is CCCN(CC(C)(C)CN)C(=O)Cc1c(F)cccc1F. The van der Waals surface area contributed by atoms with Crippen LogP contribution in [0, 0.1) is 17.0 Å². The van der Waals surface area contributed by atoms with Crippen molar-refractivity contribution >= 4 is 5.91 Å². The second kappa shape index (κ2) is 7.50. The summed E-state index contributed by atoms with van der Waals surface area (Å²) in [5.41, 5.74) is 5.30. The van der Waals surface area contributed by atoms with Gasteiger partial charge in [0.15, 0.2) is 0 Å². The zero-order valence-electron chi connectivity index (χ0n) is 13.0. The van der Waals surface area contributed by atoms with Gasteiger partial charge < -0.3 is 10.6 Å². The van der Waals surface area contributed by atoms with E-state index in [1.54, 1.807) is 4.90 Å². The number of hydrogen-bond acceptors (Lipinski definition) is 2. The van der Waals surface area contributed by atoms with Crippen LogP contribution in [0.25, 0.3) is 0 Å². The second-order valence-corrected chi connectivity index (χ2v) is 6.06. The van der Waals surface area contributed by atoms with Gasteiger partial charge in [0.25, 0.3) is 0 Å². The normalized spacial score (nSPS) is 11.5. The van der Waals surface area contributed by atoms with E-state index in [4.69, 9.17) is 5.73 Å². The topological polar surface area (TPSA) is 46.3 Å². The third-order valence-electron chi connectivity index (χ3n) is 3.41. The molecule has 21 heavy (non-hydrogen) atoms. The molecular formula is C16H24F2N2O. The summed E-state index contributed by atoms with van der Waals surface area (Å²) in [6, 6.07) is 3.62. The molecule has 1 aromatic rings. The van der Waals surface area contributed by atoms with E-state index < -0.39 is 11.6 Å². The van der Waals surface area contributed by atoms with Gasteiger partial charge in [0, 0.05) is 18.7 Å². The molecule has 118 valence electrons. The third kappa shape index (κ3) is 5.08. The molecule has 0 saturated carbocycles. The molecule has 0 spiro atoms. The Morgan fingerprint density at radius 2 is 1.86 bits per heavy atom. The minimum absolute atomic E-state index is 0.172. The first-order chi connectivity index (χ1) is 9.80. The first kappa shape index (κ1) is 17.6. The number of benzene rings is 1. The molecule has 5 heteroatoms. The van der Waals surface area contributed by atoms with Gasteiger partial charge >= 0.3 is 0 Å². The van der Waals surface area contributed by atoms with Crippen molar-refractivity contribution in [3.8, 4) is 0 Å². The Labute approximate surface area is 125 Å². The lowest BCUT2D eigenvalue weighted by atomic mass is 9.92. The summed E-state index contributed by atoms with van der Waals surface area (Å²) >= 11 is 0. The van der Waals surface area contributed by atoms with Crippen LogP contribution in [0.4, 0.5) is 8.78 Å². The number of amides is 1. The highest BCUT2D eigenvalue weighted by Gasteiger charge is 2.24. The van der Waals surface area contributed by atoms with Crippen molar-refractivity contribution in [2.75, 3.05) is 19.6 Å². The highest BCUT2D eigenvalue weighted by Crippen LogP contribution is 2.18. The zero-order valence-corrected chi connectivity index (χ0v) is 13.0. The Balaban J connectivity index is 2.87. The molecule has 1 amide bonds. The van der Waals surface area contributed by atoms with Crippen LogP contribution < -0.4 is 5.73 Å². The number of rotatable bonds is 7. The molecule has 1 aromatic carbocycles. The van der Waals surface area contributed by atoms with E-state index in [0.29, 0.717) is 19.6 Å². The van der Waals surface area contributed by atoms with E-state index in [1.807, 2.05) is 20.8 Å². The Morgan fingerprint density at radius 1 is 1.29 bits per heavy atom. The number of carbonyl (C=O) groups is 1. The maximum Gasteiger partial charge on any atom is 0.227 e. The molecule has 0 bridgehead atoms. The number of carbonyl (C=O) groups excluding carboxylic acids is 1. The van der Waals surface area contributed by atoms with E-state index in [1.165, 1.54) is 18.2 Å². The van der Waals surface area contributed by atoms with Gasteiger partial charge in [0.05, 0.1) is 6.42 Å². The van der Waals surface area contributed by atoms with E-state index in [-0.39, 0.29) is 23.3 Å². The molecular weight excluding hydrogens is 274 g/mol. The van der Waals surface area contributed by atoms with E-state index in [9.17, 15) is 13.6 Å². The molecule has 1 rings (SSSR count). The summed E-state index contributed by atoms with van der Waals surface area (Å²) < 4.78 is 27.3. The molecule has 0 unspecified atom stereocenters. The van der Waals surface area contributed by atoms with E-state index >= 15 is 0 Å². The van der Waals surface area contributed by atoms with Crippen LogP contribution in [0.2, 0.25) is 0 Å². The van der Waals surface area contributed by atoms with Gasteiger partial charge in [-0.3, -0.25) is 4.79 Å². The van der Waals surface area contributed by atoms with Crippen molar-refractivity contribution in [1.29, 1.82) is 0 Å². The molecule has 0 aliphatic rings. The highest BCUT2D eigenvalue weighted by molar-refractivity contribution is 5.79. The lowest BCUT2D eigenvalue weighted by Gasteiger charge is -2.32. The molecule has 2 N–H and O–H groups in total. The average Bonchev–Trinajstić information content (AvgIpc) is 2.42. The third-order valence-corrected chi connectivity index (χ3v) is 3.41. The first-order valence-corrected chi connectivity index (χ1v) is 7.21. The van der Waals surface area contributed by atoms with Crippen molar-refractivity contribution < 1.29 is 13.6 Å². The van der Waals surface area contributed by atoms with Gasteiger partial charge in [-0.1, -0.05) is 26.8 Å². The zero-order chi connectivity index (χ0) is 16.0. The van der Waals surface area contributed by atoms with Crippen molar-refractivity contribution in [3.05, 3.63) is 35.4 Å². The second-order valence-electron chi connectivity index (χ2n) is 6.06. The standard InChI is InChI=1S/C16H24F2N2O/c1-4-8-20(11-16(2,3)10-19)15(21)9-12-13(17)6-5-7-14(12)18/h5-7H,4,8-11,19H2,1-3H3. The smallest absolute Gasteiger partial charge is 0.227 e. The van der Waals surface area contributed by atoms with Gasteiger partial charge in [0.2, 0.25) is 5.91 Å². The predicted molar refractivity (Wildman–Crippen MR) is 79.8 cm³/mol. The largest absolute Gasteiger partial charge is 0.342 e. The van der Waals surface area contributed by atoms with Crippen LogP contribution in [0.15, 0.2) is 18.2 Å². The van der Waals surface area contributed by atoms with Crippen LogP contribution >= 0.6 is 0 Å². The fourth-order valence-corrected chi connectivity index (χ4v) is 2.11. The summed E-state index contributed by atoms with van der Waals surface area (Å²) in [6.07, 6.45) is 0.519. The van der Waals surface area contributed by atoms with E-state index in [2.05, 4.69) is 0 Å². The predicted octanol–water partition coefficient (Wildman–Crippen LogP) is 2.73. The molecule has 0 aliphatic carbocycles. The van der Waals surface area contributed by atoms with Gasteiger partial charge in [-0.2, -0.15) is 0 Å². The molecule has 0 heterocycles. The number of nitrogens with two attached hydrogens (primary N) is 1. The monoisotopic (exact) mass is 298 g/mol. The summed E-state index contributed by atoms with van der Waals surface area (Å²) in [6.45, 7) is 7.36. The molecule has 0 fully saturated rings. The summed E-state index contributed by atoms with van der Waals surface area (Å²) in [4.78, 5) is 14.0. The van der Waals surface area contributed by atoms with Crippen LogP contribution in [0.3, 0.4) is 0 Å². The lowest BCUT2D eigenvalue weighted by Crippen LogP contribution is -2.43. The number of nitrogens with zero attached hydrogens (tertiary/aromatic N) is 1. The molecule has 0 atom stereocenters. The fourth-order valence-electron chi connectivity index (χ4n) is 2.11. The Kier molecular flexibility index (Phi) is 6.27. The highest BCUT2D eigenvalue weighted by atomic mass is 19.1. The minimum atomic E-state index is -0.683. The van der Waals surface area contributed by atoms with E-state index in [0.717, 1.165) is 6.42 Å². The van der Waals surface area contributed by atoms with Crippen molar-refractivity contribution in [3.63, 3.8) is 0 Å².